The van der Waals surface area contributed by atoms with Crippen LogP contribution >= 0.6 is 11.8 Å². The number of fused-ring (bicyclic) bond motifs is 1. The van der Waals surface area contributed by atoms with Crippen molar-refractivity contribution < 1.29 is 18.3 Å². The number of aromatic nitrogens is 2. The standard InChI is InChI=1S/C20H23F2N5O2S/c1-4-15(26-17(28)16-9-24-12(2)8-25-16)5-14(7-21)20-10-29-13(3)6-19(20,22)11-30-18(23)27-20/h4-5,7-9,13H,1,6,10-11H2,2-3H3,(H2,23,27)(H,26,28)/b14-7-,15-5+/t13-,19+,20+/m0/s1. The predicted octanol–water partition coefficient (Wildman–Crippen LogP) is 2.76. The summed E-state index contributed by atoms with van der Waals surface area (Å²) < 4.78 is 35.8. The van der Waals surface area contributed by atoms with E-state index in [2.05, 4.69) is 26.9 Å². The highest BCUT2D eigenvalue weighted by molar-refractivity contribution is 8.13. The molecular formula is C20H23F2N5O2S. The molecule has 1 saturated heterocycles. The molecule has 1 fully saturated rings. The quantitative estimate of drug-likeness (QED) is 0.690. The fraction of sp³-hybridized carbons (Fsp3) is 0.400. The number of allylic oxidation sites excluding steroid dienone is 1. The summed E-state index contributed by atoms with van der Waals surface area (Å²) in [6.07, 6.45) is 5.33. The van der Waals surface area contributed by atoms with Gasteiger partial charge < -0.3 is 15.8 Å². The molecule has 0 spiro atoms. The highest BCUT2D eigenvalue weighted by atomic mass is 32.2. The molecule has 1 aromatic heterocycles. The van der Waals surface area contributed by atoms with Gasteiger partial charge in [-0.1, -0.05) is 18.3 Å². The van der Waals surface area contributed by atoms with Crippen molar-refractivity contribution >= 4 is 22.8 Å². The lowest BCUT2D eigenvalue weighted by Crippen LogP contribution is -2.63. The Bertz CT molecular complexity index is 934. The Morgan fingerprint density at radius 2 is 2.23 bits per heavy atom. The summed E-state index contributed by atoms with van der Waals surface area (Å²) in [6, 6.07) is 0. The first-order chi connectivity index (χ1) is 14.2. The highest BCUT2D eigenvalue weighted by Crippen LogP contribution is 2.49. The normalized spacial score (nSPS) is 29.6. The fourth-order valence-corrected chi connectivity index (χ4v) is 4.42. The van der Waals surface area contributed by atoms with Crippen LogP contribution in [-0.4, -0.2) is 50.7 Å². The zero-order chi connectivity index (χ0) is 21.9. The van der Waals surface area contributed by atoms with Gasteiger partial charge in [0, 0.05) is 29.6 Å². The second-order valence-corrected chi connectivity index (χ2v) is 8.25. The molecule has 0 saturated carbocycles. The molecule has 0 aliphatic carbocycles. The lowest BCUT2D eigenvalue weighted by molar-refractivity contribution is -0.0889. The first-order valence-corrected chi connectivity index (χ1v) is 10.3. The number of aliphatic imine (C=N–C) groups is 1. The van der Waals surface area contributed by atoms with Crippen molar-refractivity contribution in [2.45, 2.75) is 37.6 Å². The predicted molar refractivity (Wildman–Crippen MR) is 112 cm³/mol. The zero-order valence-corrected chi connectivity index (χ0v) is 17.5. The van der Waals surface area contributed by atoms with E-state index in [1.807, 2.05) is 0 Å². The summed E-state index contributed by atoms with van der Waals surface area (Å²) in [4.78, 5) is 24.8. The van der Waals surface area contributed by atoms with Gasteiger partial charge in [0.1, 0.15) is 11.2 Å². The fourth-order valence-electron chi connectivity index (χ4n) is 3.46. The number of halogens is 2. The van der Waals surface area contributed by atoms with Crippen LogP contribution in [0.15, 0.2) is 53.7 Å². The number of hydrogen-bond acceptors (Lipinski definition) is 7. The van der Waals surface area contributed by atoms with Gasteiger partial charge in [-0.25, -0.2) is 18.8 Å². The lowest BCUT2D eigenvalue weighted by atomic mass is 9.72. The molecule has 0 radical (unpaired) electrons. The van der Waals surface area contributed by atoms with Crippen LogP contribution in [0.5, 0.6) is 0 Å². The van der Waals surface area contributed by atoms with Gasteiger partial charge >= 0.3 is 0 Å². The molecule has 1 aromatic rings. The van der Waals surface area contributed by atoms with Gasteiger partial charge in [0.25, 0.3) is 5.91 Å². The van der Waals surface area contributed by atoms with Crippen LogP contribution in [0.2, 0.25) is 0 Å². The van der Waals surface area contributed by atoms with Crippen molar-refractivity contribution in [3.63, 3.8) is 0 Å². The summed E-state index contributed by atoms with van der Waals surface area (Å²) >= 11 is 1.09. The van der Waals surface area contributed by atoms with Crippen LogP contribution in [0, 0.1) is 6.92 Å². The number of hydrogen-bond donors (Lipinski definition) is 2. The number of carbonyl (C=O) groups excluding carboxylic acids is 1. The number of thioether (sulfide) groups is 1. The van der Waals surface area contributed by atoms with Crippen molar-refractivity contribution in [3.05, 3.63) is 60.1 Å². The molecule has 3 atom stereocenters. The first-order valence-electron chi connectivity index (χ1n) is 9.26. The number of ether oxygens (including phenoxy) is 1. The minimum absolute atomic E-state index is 0.0238. The Morgan fingerprint density at radius 3 is 2.87 bits per heavy atom. The van der Waals surface area contributed by atoms with E-state index in [4.69, 9.17) is 10.5 Å². The second kappa shape index (κ2) is 8.65. The molecule has 3 heterocycles. The minimum Gasteiger partial charge on any atom is -0.379 e. The Balaban J connectivity index is 1.95. The largest absolute Gasteiger partial charge is 0.379 e. The molecule has 160 valence electrons. The van der Waals surface area contributed by atoms with Gasteiger partial charge in [-0.15, -0.1) is 0 Å². The molecule has 2 aliphatic rings. The van der Waals surface area contributed by atoms with Crippen molar-refractivity contribution in [2.75, 3.05) is 12.4 Å². The van der Waals surface area contributed by atoms with E-state index >= 15 is 4.39 Å². The van der Waals surface area contributed by atoms with Crippen LogP contribution in [-0.2, 0) is 4.74 Å². The van der Waals surface area contributed by atoms with Crippen molar-refractivity contribution in [1.29, 1.82) is 0 Å². The molecule has 3 rings (SSSR count). The van der Waals surface area contributed by atoms with E-state index in [-0.39, 0.29) is 53.3 Å². The molecular weight excluding hydrogens is 412 g/mol. The minimum atomic E-state index is -1.87. The van der Waals surface area contributed by atoms with Gasteiger partial charge in [0.05, 0.1) is 30.9 Å². The number of carbonyl (C=O) groups is 1. The van der Waals surface area contributed by atoms with E-state index in [1.54, 1.807) is 13.8 Å². The van der Waals surface area contributed by atoms with E-state index in [0.717, 1.165) is 11.8 Å². The maximum absolute atomic E-state index is 16.0. The lowest BCUT2D eigenvalue weighted by Gasteiger charge is -2.50. The smallest absolute Gasteiger partial charge is 0.275 e. The number of nitrogens with one attached hydrogen (secondary N) is 1. The number of amidine groups is 1. The molecule has 0 unspecified atom stereocenters. The SMILES string of the molecule is C=C/C(=C\C(=C\F)[C@]12CO[C@@H](C)C[C@@]1(F)CSC(N)=N2)NC(=O)c1cnc(C)cn1. The van der Waals surface area contributed by atoms with Crippen LogP contribution < -0.4 is 11.1 Å². The van der Waals surface area contributed by atoms with E-state index in [1.165, 1.54) is 24.5 Å². The van der Waals surface area contributed by atoms with Crippen LogP contribution in [0.4, 0.5) is 8.78 Å². The monoisotopic (exact) mass is 435 g/mol. The summed E-state index contributed by atoms with van der Waals surface area (Å²) in [6.45, 7) is 6.96. The average molecular weight is 436 g/mol. The third-order valence-corrected chi connectivity index (χ3v) is 6.07. The van der Waals surface area contributed by atoms with E-state index < -0.39 is 17.1 Å². The molecule has 0 aromatic carbocycles. The van der Waals surface area contributed by atoms with Gasteiger partial charge in [0.15, 0.2) is 10.8 Å². The highest BCUT2D eigenvalue weighted by Gasteiger charge is 2.60. The van der Waals surface area contributed by atoms with Gasteiger partial charge in [0.2, 0.25) is 0 Å². The van der Waals surface area contributed by atoms with Crippen LogP contribution in [0.25, 0.3) is 0 Å². The van der Waals surface area contributed by atoms with Crippen molar-refractivity contribution in [2.24, 2.45) is 10.7 Å². The molecule has 10 heteroatoms. The first kappa shape index (κ1) is 22.1. The molecule has 2 aliphatic heterocycles. The Kier molecular flexibility index (Phi) is 6.37. The number of amides is 1. The molecule has 30 heavy (non-hydrogen) atoms. The van der Waals surface area contributed by atoms with Gasteiger partial charge in [-0.2, -0.15) is 0 Å². The van der Waals surface area contributed by atoms with Crippen molar-refractivity contribution in [3.8, 4) is 0 Å². The topological polar surface area (TPSA) is 102 Å². The molecule has 3 N–H and O–H groups in total. The van der Waals surface area contributed by atoms with Gasteiger partial charge in [-0.3, -0.25) is 9.78 Å². The van der Waals surface area contributed by atoms with Crippen LogP contribution in [0.1, 0.15) is 29.5 Å². The van der Waals surface area contributed by atoms with E-state index in [0.29, 0.717) is 5.69 Å². The zero-order valence-electron chi connectivity index (χ0n) is 16.7. The second-order valence-electron chi connectivity index (χ2n) is 7.26. The summed E-state index contributed by atoms with van der Waals surface area (Å²) in [5.74, 6) is -0.540. The summed E-state index contributed by atoms with van der Waals surface area (Å²) in [5.41, 5.74) is 3.10. The Labute approximate surface area is 177 Å². The number of aryl methyl sites for hydroxylation is 1. The maximum atomic E-state index is 16.0. The Morgan fingerprint density at radius 1 is 1.47 bits per heavy atom. The molecule has 0 bridgehead atoms. The summed E-state index contributed by atoms with van der Waals surface area (Å²) in [7, 11) is 0. The third kappa shape index (κ3) is 4.15. The molecule has 1 amide bonds. The Hall–Kier alpha value is -2.59. The third-order valence-electron chi connectivity index (χ3n) is 5.08. The number of nitrogens with zero attached hydrogens (tertiary/aromatic N) is 3. The number of rotatable bonds is 5. The van der Waals surface area contributed by atoms with Gasteiger partial charge in [-0.05, 0) is 26.0 Å². The molecule has 7 nitrogen and oxygen atoms in total. The number of nitrogens with two attached hydrogens (primary N) is 1. The maximum Gasteiger partial charge on any atom is 0.275 e. The van der Waals surface area contributed by atoms with Crippen molar-refractivity contribution in [1.82, 2.24) is 15.3 Å². The number of alkyl halides is 1. The van der Waals surface area contributed by atoms with Crippen LogP contribution in [0.3, 0.4) is 0 Å². The summed E-state index contributed by atoms with van der Waals surface area (Å²) in [5, 5.41) is 2.72. The average Bonchev–Trinajstić information content (AvgIpc) is 2.72. The van der Waals surface area contributed by atoms with E-state index in [9.17, 15) is 9.18 Å².